The number of carbonyl (C=O) groups is 1. The molecule has 168 valence electrons. The first-order valence-corrected chi connectivity index (χ1v) is 11.3. The van der Waals surface area contributed by atoms with Crippen molar-refractivity contribution >= 4 is 28.6 Å². The molecule has 0 saturated heterocycles. The molecular formula is C25H27N7O. The van der Waals surface area contributed by atoms with E-state index in [1.54, 1.807) is 10.9 Å². The molecule has 0 radical (unpaired) electrons. The van der Waals surface area contributed by atoms with Gasteiger partial charge in [-0.2, -0.15) is 5.10 Å². The number of nitrogens with zero attached hydrogens (tertiary/aromatic N) is 4. The van der Waals surface area contributed by atoms with Crippen molar-refractivity contribution in [2.45, 2.75) is 38.3 Å². The molecule has 0 unspecified atom stereocenters. The van der Waals surface area contributed by atoms with Crippen molar-refractivity contribution in [3.05, 3.63) is 66.6 Å². The van der Waals surface area contributed by atoms with Gasteiger partial charge in [0.15, 0.2) is 0 Å². The van der Waals surface area contributed by atoms with Gasteiger partial charge in [-0.3, -0.25) is 10.00 Å². The predicted molar refractivity (Wildman–Crippen MR) is 130 cm³/mol. The summed E-state index contributed by atoms with van der Waals surface area (Å²) in [4.78, 5) is 21.0. The Morgan fingerprint density at radius 3 is 2.79 bits per heavy atom. The number of anilines is 2. The largest absolute Gasteiger partial charge is 0.381 e. The fourth-order valence-electron chi connectivity index (χ4n) is 4.22. The Balaban J connectivity index is 1.25. The Morgan fingerprint density at radius 1 is 1.09 bits per heavy atom. The number of carbonyl (C=O) groups excluding carboxylic acids is 1. The number of nitrogens with one attached hydrogen (secondary N) is 3. The van der Waals surface area contributed by atoms with Crippen LogP contribution in [0, 0.1) is 0 Å². The summed E-state index contributed by atoms with van der Waals surface area (Å²) in [5.41, 5.74) is 5.13. The van der Waals surface area contributed by atoms with E-state index < -0.39 is 0 Å². The lowest BCUT2D eigenvalue weighted by Crippen LogP contribution is -2.36. The number of hydrogen-bond donors (Lipinski definition) is 3. The average Bonchev–Trinajstić information content (AvgIpc) is 3.49. The van der Waals surface area contributed by atoms with E-state index in [9.17, 15) is 4.79 Å². The van der Waals surface area contributed by atoms with Crippen LogP contribution in [0.15, 0.2) is 61.1 Å². The summed E-state index contributed by atoms with van der Waals surface area (Å²) < 4.78 is 1.80. The summed E-state index contributed by atoms with van der Waals surface area (Å²) in [5, 5.41) is 14.4. The van der Waals surface area contributed by atoms with Crippen LogP contribution in [-0.4, -0.2) is 31.8 Å². The highest BCUT2D eigenvalue weighted by molar-refractivity contribution is 5.89. The molecule has 8 heteroatoms. The van der Waals surface area contributed by atoms with Crippen LogP contribution in [0.3, 0.4) is 0 Å². The molecule has 3 N–H and O–H groups in total. The molecule has 0 bridgehead atoms. The van der Waals surface area contributed by atoms with Gasteiger partial charge in [-0.05, 0) is 48.2 Å². The van der Waals surface area contributed by atoms with E-state index in [1.165, 1.54) is 18.4 Å². The van der Waals surface area contributed by atoms with Gasteiger partial charge in [0.2, 0.25) is 5.95 Å². The van der Waals surface area contributed by atoms with E-state index in [4.69, 9.17) is 0 Å². The van der Waals surface area contributed by atoms with Gasteiger partial charge in [0, 0.05) is 48.7 Å². The van der Waals surface area contributed by atoms with Gasteiger partial charge in [0.05, 0.1) is 11.7 Å². The van der Waals surface area contributed by atoms with Crippen LogP contribution >= 0.6 is 0 Å². The molecule has 1 fully saturated rings. The first-order valence-electron chi connectivity index (χ1n) is 11.3. The van der Waals surface area contributed by atoms with Crippen LogP contribution in [0.2, 0.25) is 0 Å². The molecule has 0 aliphatic heterocycles. The third-order valence-electron chi connectivity index (χ3n) is 5.96. The molecule has 1 aliphatic carbocycles. The summed E-state index contributed by atoms with van der Waals surface area (Å²) in [6, 6.07) is 14.4. The van der Waals surface area contributed by atoms with Crippen molar-refractivity contribution in [2.24, 2.45) is 7.05 Å². The quantitative estimate of drug-likeness (QED) is 0.403. The first kappa shape index (κ1) is 20.9. The number of aromatic nitrogens is 4. The number of amides is 2. The molecule has 5 rings (SSSR count). The lowest BCUT2D eigenvalue weighted by atomic mass is 10.1. The Kier molecular flexibility index (Phi) is 5.89. The Hall–Kier alpha value is -3.94. The zero-order chi connectivity index (χ0) is 22.6. The predicted octanol–water partition coefficient (Wildman–Crippen LogP) is 4.71. The maximum absolute atomic E-state index is 12.2. The van der Waals surface area contributed by atoms with E-state index in [1.807, 2.05) is 37.6 Å². The molecule has 2 heterocycles. The molecule has 0 spiro atoms. The Morgan fingerprint density at radius 2 is 1.97 bits per heavy atom. The number of urea groups is 1. The molecule has 33 heavy (non-hydrogen) atoms. The summed E-state index contributed by atoms with van der Waals surface area (Å²) >= 11 is 0. The zero-order valence-corrected chi connectivity index (χ0v) is 18.6. The van der Waals surface area contributed by atoms with Gasteiger partial charge in [0.1, 0.15) is 0 Å². The highest BCUT2D eigenvalue weighted by atomic mass is 16.2. The van der Waals surface area contributed by atoms with E-state index in [0.29, 0.717) is 12.5 Å². The van der Waals surface area contributed by atoms with Crippen molar-refractivity contribution in [3.63, 3.8) is 0 Å². The fourth-order valence-corrected chi connectivity index (χ4v) is 4.22. The number of aryl methyl sites for hydroxylation is 1. The minimum atomic E-state index is -0.246. The highest BCUT2D eigenvalue weighted by Crippen LogP contribution is 2.22. The molecule has 8 nitrogen and oxygen atoms in total. The third kappa shape index (κ3) is 5.11. The maximum Gasteiger partial charge on any atom is 0.321 e. The lowest BCUT2D eigenvalue weighted by Gasteiger charge is -2.12. The van der Waals surface area contributed by atoms with Gasteiger partial charge in [0.25, 0.3) is 0 Å². The summed E-state index contributed by atoms with van der Waals surface area (Å²) in [7, 11) is 1.92. The monoisotopic (exact) mass is 441 g/mol. The summed E-state index contributed by atoms with van der Waals surface area (Å²) in [6.07, 6.45) is 10.0. The smallest absolute Gasteiger partial charge is 0.321 e. The Labute approximate surface area is 192 Å². The normalized spacial score (nSPS) is 13.8. The number of hydrogen-bond acceptors (Lipinski definition) is 5. The van der Waals surface area contributed by atoms with Gasteiger partial charge >= 0.3 is 6.03 Å². The van der Waals surface area contributed by atoms with Gasteiger partial charge in [-0.15, -0.1) is 0 Å². The summed E-state index contributed by atoms with van der Waals surface area (Å²) in [5.74, 6) is 0.305. The lowest BCUT2D eigenvalue weighted by molar-refractivity contribution is 0.248. The maximum atomic E-state index is 12.2. The van der Waals surface area contributed by atoms with Crippen LogP contribution in [0.5, 0.6) is 0 Å². The molecule has 1 saturated carbocycles. The van der Waals surface area contributed by atoms with Crippen molar-refractivity contribution in [2.75, 3.05) is 10.6 Å². The minimum Gasteiger partial charge on any atom is -0.381 e. The van der Waals surface area contributed by atoms with Gasteiger partial charge in [-0.25, -0.2) is 14.8 Å². The van der Waals surface area contributed by atoms with Crippen LogP contribution in [0.25, 0.3) is 22.0 Å². The fraction of sp³-hybridized carbons (Fsp3) is 0.280. The molecule has 2 amide bonds. The SMILES string of the molecule is Cn1cc(-c2cccc(CNc3ccc4cnc(NC(=O)NC5CCCC5)nc4c3)c2)cn1. The number of fused-ring (bicyclic) bond motifs is 1. The van der Waals surface area contributed by atoms with Crippen molar-refractivity contribution in [1.29, 1.82) is 0 Å². The zero-order valence-electron chi connectivity index (χ0n) is 18.6. The molecule has 4 aromatic rings. The van der Waals surface area contributed by atoms with Crippen LogP contribution in [0.4, 0.5) is 16.4 Å². The summed E-state index contributed by atoms with van der Waals surface area (Å²) in [6.45, 7) is 0.680. The van der Waals surface area contributed by atoms with Crippen molar-refractivity contribution in [3.8, 4) is 11.1 Å². The van der Waals surface area contributed by atoms with E-state index in [0.717, 1.165) is 40.6 Å². The van der Waals surface area contributed by atoms with Gasteiger partial charge in [-0.1, -0.05) is 31.0 Å². The van der Waals surface area contributed by atoms with Crippen LogP contribution < -0.4 is 16.0 Å². The van der Waals surface area contributed by atoms with E-state index >= 15 is 0 Å². The van der Waals surface area contributed by atoms with E-state index in [-0.39, 0.29) is 12.1 Å². The topological polar surface area (TPSA) is 96.8 Å². The average molecular weight is 442 g/mol. The second kappa shape index (κ2) is 9.28. The third-order valence-corrected chi connectivity index (χ3v) is 5.96. The van der Waals surface area contributed by atoms with Gasteiger partial charge < -0.3 is 10.6 Å². The molecule has 2 aromatic carbocycles. The Bertz CT molecular complexity index is 1280. The van der Waals surface area contributed by atoms with Crippen molar-refractivity contribution < 1.29 is 4.79 Å². The molecule has 2 aromatic heterocycles. The second-order valence-electron chi connectivity index (χ2n) is 8.50. The molecule has 0 atom stereocenters. The van der Waals surface area contributed by atoms with E-state index in [2.05, 4.69) is 55.3 Å². The minimum absolute atomic E-state index is 0.246. The van der Waals surface area contributed by atoms with Crippen LogP contribution in [-0.2, 0) is 13.6 Å². The first-order chi connectivity index (χ1) is 16.1. The van der Waals surface area contributed by atoms with Crippen LogP contribution in [0.1, 0.15) is 31.2 Å². The van der Waals surface area contributed by atoms with Crippen molar-refractivity contribution in [1.82, 2.24) is 25.1 Å². The standard InChI is InChI=1S/C25H27N7O/c1-32-16-20(15-28-32)18-6-4-5-17(11-18)13-26-22-10-9-19-14-27-24(30-23(19)12-22)31-25(33)29-21-7-2-3-8-21/h4-6,9-12,14-16,21,26H,2-3,7-8,13H2,1H3,(H2,27,29,30,31,33). The second-order valence-corrected chi connectivity index (χ2v) is 8.50. The number of benzene rings is 2. The highest BCUT2D eigenvalue weighted by Gasteiger charge is 2.17. The molecule has 1 aliphatic rings. The number of rotatable bonds is 6. The molecular weight excluding hydrogens is 414 g/mol.